The highest BCUT2D eigenvalue weighted by atomic mass is 16.5. The summed E-state index contributed by atoms with van der Waals surface area (Å²) in [7, 11) is 0. The van der Waals surface area contributed by atoms with Crippen molar-refractivity contribution in [1.29, 1.82) is 0 Å². The van der Waals surface area contributed by atoms with Crippen LogP contribution in [0, 0.1) is 5.92 Å². The quantitative estimate of drug-likeness (QED) is 0.926. The van der Waals surface area contributed by atoms with Gasteiger partial charge in [-0.05, 0) is 36.3 Å². The number of ether oxygens (including phenoxy) is 1. The molecule has 0 spiro atoms. The predicted octanol–water partition coefficient (Wildman–Crippen LogP) is 4.03. The second-order valence-corrected chi connectivity index (χ2v) is 6.68. The van der Waals surface area contributed by atoms with Crippen LogP contribution in [0.15, 0.2) is 60.7 Å². The lowest BCUT2D eigenvalue weighted by molar-refractivity contribution is 0.134. The molecular weight excluding hydrogens is 286 g/mol. The van der Waals surface area contributed by atoms with E-state index in [1.54, 1.807) is 0 Å². The molecule has 2 aliphatic carbocycles. The Balaban J connectivity index is 1.32. The van der Waals surface area contributed by atoms with Crippen LogP contribution in [0.2, 0.25) is 0 Å². The Labute approximate surface area is 136 Å². The van der Waals surface area contributed by atoms with Gasteiger partial charge in [-0.15, -0.1) is 0 Å². The van der Waals surface area contributed by atoms with Gasteiger partial charge in [0.15, 0.2) is 0 Å². The molecule has 0 radical (unpaired) electrons. The molecule has 2 aromatic rings. The Kier molecular flexibility index (Phi) is 3.56. The first-order chi connectivity index (χ1) is 11.3. The zero-order chi connectivity index (χ0) is 15.7. The van der Waals surface area contributed by atoms with Gasteiger partial charge in [0.2, 0.25) is 0 Å². The molecule has 2 saturated carbocycles. The van der Waals surface area contributed by atoms with Crippen molar-refractivity contribution in [2.24, 2.45) is 5.92 Å². The van der Waals surface area contributed by atoms with Crippen molar-refractivity contribution in [1.82, 2.24) is 5.32 Å². The molecule has 118 valence electrons. The molecule has 2 aliphatic rings. The van der Waals surface area contributed by atoms with E-state index in [1.165, 1.54) is 12.0 Å². The Hall–Kier alpha value is -2.29. The van der Waals surface area contributed by atoms with Crippen LogP contribution in [-0.4, -0.2) is 12.1 Å². The summed E-state index contributed by atoms with van der Waals surface area (Å²) < 4.78 is 5.35. The molecule has 0 bridgehead atoms. The van der Waals surface area contributed by atoms with Gasteiger partial charge in [0.25, 0.3) is 0 Å². The summed E-state index contributed by atoms with van der Waals surface area (Å²) in [4.78, 5) is 12.0. The second-order valence-electron chi connectivity index (χ2n) is 6.68. The maximum absolute atomic E-state index is 12.0. The molecule has 0 aliphatic heterocycles. The van der Waals surface area contributed by atoms with Crippen molar-refractivity contribution in [3.63, 3.8) is 0 Å². The van der Waals surface area contributed by atoms with Crippen LogP contribution in [0.3, 0.4) is 0 Å². The average molecular weight is 307 g/mol. The molecule has 2 fully saturated rings. The molecule has 0 heterocycles. The number of carbonyl (C=O) groups excluding carboxylic acids is 1. The highest BCUT2D eigenvalue weighted by molar-refractivity contribution is 5.68. The minimum absolute atomic E-state index is 0.249. The number of nitrogens with one attached hydrogen (secondary N) is 1. The Morgan fingerprint density at radius 3 is 2.48 bits per heavy atom. The van der Waals surface area contributed by atoms with E-state index < -0.39 is 0 Å². The fourth-order valence-electron chi connectivity index (χ4n) is 4.10. The molecule has 0 unspecified atom stereocenters. The summed E-state index contributed by atoms with van der Waals surface area (Å²) in [6, 6.07) is 20.7. The number of benzene rings is 2. The molecule has 1 amide bonds. The molecule has 3 atom stereocenters. The van der Waals surface area contributed by atoms with Gasteiger partial charge in [-0.25, -0.2) is 4.79 Å². The molecule has 3 heteroatoms. The van der Waals surface area contributed by atoms with E-state index in [2.05, 4.69) is 35.6 Å². The number of fused-ring (bicyclic) bond motifs is 1. The van der Waals surface area contributed by atoms with Gasteiger partial charge in [0.1, 0.15) is 6.61 Å². The van der Waals surface area contributed by atoms with Crippen LogP contribution in [-0.2, 0) is 16.8 Å². The summed E-state index contributed by atoms with van der Waals surface area (Å²) >= 11 is 0. The van der Waals surface area contributed by atoms with Crippen molar-refractivity contribution >= 4 is 6.09 Å². The van der Waals surface area contributed by atoms with Crippen LogP contribution < -0.4 is 5.32 Å². The Morgan fingerprint density at radius 2 is 1.78 bits per heavy atom. The number of hydrogen-bond donors (Lipinski definition) is 1. The molecular formula is C20H21NO2. The molecule has 0 saturated heterocycles. The Morgan fingerprint density at radius 1 is 1.09 bits per heavy atom. The molecule has 0 aromatic heterocycles. The monoisotopic (exact) mass is 307 g/mol. The predicted molar refractivity (Wildman–Crippen MR) is 89.0 cm³/mol. The van der Waals surface area contributed by atoms with Gasteiger partial charge in [0, 0.05) is 11.5 Å². The third-order valence-electron chi connectivity index (χ3n) is 5.39. The van der Waals surface area contributed by atoms with Gasteiger partial charge >= 0.3 is 6.09 Å². The first-order valence-electron chi connectivity index (χ1n) is 8.31. The SMILES string of the molecule is O=C(N[C@@H]1CC[C@]2(c3ccccc3)C[C@H]12)OCc1ccccc1. The van der Waals surface area contributed by atoms with Crippen LogP contribution in [0.4, 0.5) is 4.79 Å². The van der Waals surface area contributed by atoms with E-state index in [0.29, 0.717) is 17.9 Å². The van der Waals surface area contributed by atoms with E-state index in [1.807, 2.05) is 30.3 Å². The van der Waals surface area contributed by atoms with Gasteiger partial charge in [-0.2, -0.15) is 0 Å². The summed E-state index contributed by atoms with van der Waals surface area (Å²) in [6.45, 7) is 0.327. The molecule has 2 aromatic carbocycles. The number of alkyl carbamates (subject to hydrolysis) is 1. The number of amides is 1. The topological polar surface area (TPSA) is 38.3 Å². The van der Waals surface area contributed by atoms with Gasteiger partial charge < -0.3 is 10.1 Å². The molecule has 1 N–H and O–H groups in total. The summed E-state index contributed by atoms with van der Waals surface area (Å²) in [5.41, 5.74) is 2.74. The van der Waals surface area contributed by atoms with Crippen LogP contribution in [0.5, 0.6) is 0 Å². The zero-order valence-electron chi connectivity index (χ0n) is 13.1. The number of hydrogen-bond acceptors (Lipinski definition) is 2. The minimum Gasteiger partial charge on any atom is -0.445 e. The highest BCUT2D eigenvalue weighted by Crippen LogP contribution is 2.64. The third-order valence-corrected chi connectivity index (χ3v) is 5.39. The first kappa shape index (κ1) is 14.3. The lowest BCUT2D eigenvalue weighted by Crippen LogP contribution is -2.35. The lowest BCUT2D eigenvalue weighted by atomic mass is 9.93. The van der Waals surface area contributed by atoms with E-state index >= 15 is 0 Å². The van der Waals surface area contributed by atoms with Crippen molar-refractivity contribution in [2.75, 3.05) is 0 Å². The second kappa shape index (κ2) is 5.73. The van der Waals surface area contributed by atoms with Crippen molar-refractivity contribution in [3.8, 4) is 0 Å². The van der Waals surface area contributed by atoms with E-state index in [-0.39, 0.29) is 12.1 Å². The Bertz CT molecular complexity index is 685. The maximum atomic E-state index is 12.0. The first-order valence-corrected chi connectivity index (χ1v) is 8.31. The van der Waals surface area contributed by atoms with Gasteiger partial charge in [-0.3, -0.25) is 0 Å². The molecule has 3 nitrogen and oxygen atoms in total. The van der Waals surface area contributed by atoms with Crippen LogP contribution >= 0.6 is 0 Å². The van der Waals surface area contributed by atoms with Crippen molar-refractivity contribution in [3.05, 3.63) is 71.8 Å². The fraction of sp³-hybridized carbons (Fsp3) is 0.350. The van der Waals surface area contributed by atoms with E-state index in [0.717, 1.165) is 18.4 Å². The summed E-state index contributed by atoms with van der Waals surface area (Å²) in [6.07, 6.45) is 3.08. The number of rotatable bonds is 4. The standard InChI is InChI=1S/C20H21NO2/c22-19(23-14-15-7-3-1-4-8-15)21-18-11-12-20(13-17(18)20)16-9-5-2-6-10-16/h1-10,17-18H,11-14H2,(H,21,22)/t17-,18-,20-/m1/s1. The smallest absolute Gasteiger partial charge is 0.407 e. The lowest BCUT2D eigenvalue weighted by Gasteiger charge is -2.14. The van der Waals surface area contributed by atoms with E-state index in [4.69, 9.17) is 4.74 Å². The average Bonchev–Trinajstić information content (AvgIpc) is 3.25. The summed E-state index contributed by atoms with van der Waals surface area (Å²) in [5, 5.41) is 3.07. The van der Waals surface area contributed by atoms with Gasteiger partial charge in [0.05, 0.1) is 0 Å². The maximum Gasteiger partial charge on any atom is 0.407 e. The normalized spacial score (nSPS) is 28.0. The molecule has 4 rings (SSSR count). The minimum atomic E-state index is -0.297. The van der Waals surface area contributed by atoms with Crippen molar-refractivity contribution < 1.29 is 9.53 Å². The molecule has 23 heavy (non-hydrogen) atoms. The van der Waals surface area contributed by atoms with Gasteiger partial charge in [-0.1, -0.05) is 60.7 Å². The highest BCUT2D eigenvalue weighted by Gasteiger charge is 2.62. The summed E-state index contributed by atoms with van der Waals surface area (Å²) in [5.74, 6) is 0.564. The van der Waals surface area contributed by atoms with Crippen LogP contribution in [0.1, 0.15) is 30.4 Å². The van der Waals surface area contributed by atoms with Crippen molar-refractivity contribution in [2.45, 2.75) is 37.3 Å². The fourth-order valence-corrected chi connectivity index (χ4v) is 4.10. The zero-order valence-corrected chi connectivity index (χ0v) is 13.1. The third kappa shape index (κ3) is 2.72. The largest absolute Gasteiger partial charge is 0.445 e. The van der Waals surface area contributed by atoms with E-state index in [9.17, 15) is 4.79 Å². The number of carbonyl (C=O) groups is 1. The van der Waals surface area contributed by atoms with Crippen LogP contribution in [0.25, 0.3) is 0 Å².